The van der Waals surface area contributed by atoms with Crippen molar-refractivity contribution in [3.63, 3.8) is 0 Å². The Morgan fingerprint density at radius 1 is 1.00 bits per heavy atom. The smallest absolute Gasteiger partial charge is 0.255 e. The maximum Gasteiger partial charge on any atom is 0.255 e. The van der Waals surface area contributed by atoms with E-state index in [0.717, 1.165) is 28.1 Å². The van der Waals surface area contributed by atoms with Crippen molar-refractivity contribution in [2.45, 2.75) is 33.4 Å². The minimum atomic E-state index is -0.489. The number of anilines is 2. The van der Waals surface area contributed by atoms with E-state index in [0.29, 0.717) is 23.8 Å². The lowest BCUT2D eigenvalue weighted by molar-refractivity contribution is -0.113. The monoisotopic (exact) mass is 466 g/mol. The Bertz CT molecular complexity index is 1410. The van der Waals surface area contributed by atoms with Gasteiger partial charge < -0.3 is 15.4 Å². The van der Waals surface area contributed by atoms with Gasteiger partial charge in [-0.1, -0.05) is 59.2 Å². The van der Waals surface area contributed by atoms with Crippen molar-refractivity contribution >= 4 is 17.5 Å². The minimum absolute atomic E-state index is 0.216. The molecule has 0 fully saturated rings. The Labute approximate surface area is 203 Å². The number of aromatic nitrogens is 4. The van der Waals surface area contributed by atoms with Crippen molar-refractivity contribution in [2.75, 3.05) is 10.6 Å². The largest absolute Gasteiger partial charge is 0.489 e. The molecule has 1 amide bonds. The second kappa shape index (κ2) is 9.42. The number of allylic oxidation sites excluding steroid dienone is 1. The summed E-state index contributed by atoms with van der Waals surface area (Å²) in [4.78, 5) is 13.4. The summed E-state index contributed by atoms with van der Waals surface area (Å²) in [6.07, 6.45) is 0. The summed E-state index contributed by atoms with van der Waals surface area (Å²) in [5.74, 6) is 1.01. The van der Waals surface area contributed by atoms with Crippen LogP contribution in [0.3, 0.4) is 0 Å². The van der Waals surface area contributed by atoms with Gasteiger partial charge >= 0.3 is 0 Å². The first-order valence-corrected chi connectivity index (χ1v) is 11.4. The second-order valence-corrected chi connectivity index (χ2v) is 8.68. The Morgan fingerprint density at radius 3 is 2.49 bits per heavy atom. The zero-order valence-electron chi connectivity index (χ0n) is 19.8. The fourth-order valence-electron chi connectivity index (χ4n) is 4.25. The molecule has 5 rings (SSSR count). The van der Waals surface area contributed by atoms with Gasteiger partial charge in [0.15, 0.2) is 0 Å². The number of benzene rings is 3. The van der Waals surface area contributed by atoms with Gasteiger partial charge in [0.2, 0.25) is 5.95 Å². The lowest BCUT2D eigenvalue weighted by Gasteiger charge is -2.28. The van der Waals surface area contributed by atoms with E-state index in [-0.39, 0.29) is 5.91 Å². The molecule has 2 N–H and O–H groups in total. The third-order valence-electron chi connectivity index (χ3n) is 5.92. The first kappa shape index (κ1) is 22.3. The summed E-state index contributed by atoms with van der Waals surface area (Å²) < 4.78 is 7.60. The number of amides is 1. The van der Waals surface area contributed by atoms with Crippen LogP contribution in [0, 0.1) is 13.8 Å². The number of hydrogen-bond acceptors (Lipinski definition) is 6. The molecule has 0 saturated carbocycles. The van der Waals surface area contributed by atoms with Gasteiger partial charge in [-0.05, 0) is 72.2 Å². The molecule has 0 aliphatic carbocycles. The van der Waals surface area contributed by atoms with E-state index in [1.807, 2.05) is 74.5 Å². The van der Waals surface area contributed by atoms with E-state index < -0.39 is 6.04 Å². The second-order valence-electron chi connectivity index (χ2n) is 8.68. The molecule has 176 valence electrons. The lowest BCUT2D eigenvalue weighted by atomic mass is 9.95. The summed E-state index contributed by atoms with van der Waals surface area (Å²) in [5, 5.41) is 18.2. The number of nitrogens with zero attached hydrogens (tertiary/aromatic N) is 4. The molecule has 35 heavy (non-hydrogen) atoms. The van der Waals surface area contributed by atoms with Gasteiger partial charge in [0.1, 0.15) is 18.4 Å². The van der Waals surface area contributed by atoms with Crippen molar-refractivity contribution in [3.8, 4) is 5.75 Å². The number of carbonyl (C=O) groups is 1. The van der Waals surface area contributed by atoms with Gasteiger partial charge in [-0.25, -0.2) is 0 Å². The Balaban J connectivity index is 1.41. The van der Waals surface area contributed by atoms with Crippen LogP contribution < -0.4 is 15.4 Å². The fraction of sp³-hybridized carbons (Fsp3) is 0.185. The quantitative estimate of drug-likeness (QED) is 0.424. The van der Waals surface area contributed by atoms with Crippen molar-refractivity contribution in [1.82, 2.24) is 20.2 Å². The number of hydrogen-bond donors (Lipinski definition) is 2. The van der Waals surface area contributed by atoms with Crippen LogP contribution in [0.4, 0.5) is 11.6 Å². The van der Waals surface area contributed by atoms with Gasteiger partial charge in [0, 0.05) is 11.4 Å². The first-order valence-electron chi connectivity index (χ1n) is 11.4. The Kier molecular flexibility index (Phi) is 6.01. The topological polar surface area (TPSA) is 94.0 Å². The third kappa shape index (κ3) is 4.77. The minimum Gasteiger partial charge on any atom is -0.489 e. The van der Waals surface area contributed by atoms with Crippen LogP contribution in [0.15, 0.2) is 84.1 Å². The maximum absolute atomic E-state index is 13.4. The Hall–Kier alpha value is -4.46. The summed E-state index contributed by atoms with van der Waals surface area (Å²) in [5.41, 5.74) is 6.22. The molecule has 0 spiro atoms. The van der Waals surface area contributed by atoms with Crippen LogP contribution >= 0.6 is 0 Å². The molecule has 8 heteroatoms. The molecule has 0 radical (unpaired) electrons. The number of ether oxygens (including phenoxy) is 1. The molecule has 1 atom stereocenters. The fourth-order valence-corrected chi connectivity index (χ4v) is 4.25. The van der Waals surface area contributed by atoms with Crippen LogP contribution in [0.25, 0.3) is 0 Å². The van der Waals surface area contributed by atoms with Gasteiger partial charge in [-0.3, -0.25) is 4.79 Å². The highest BCUT2D eigenvalue weighted by molar-refractivity contribution is 6.06. The number of carbonyl (C=O) groups excluding carboxylic acids is 1. The number of aryl methyl sites for hydroxylation is 2. The van der Waals surface area contributed by atoms with Crippen molar-refractivity contribution in [2.24, 2.45) is 0 Å². The number of fused-ring (bicyclic) bond motifs is 1. The molecule has 8 nitrogen and oxygen atoms in total. The first-order chi connectivity index (χ1) is 17.0. The summed E-state index contributed by atoms with van der Waals surface area (Å²) in [7, 11) is 0. The van der Waals surface area contributed by atoms with Crippen molar-refractivity contribution in [1.29, 1.82) is 0 Å². The standard InChI is InChI=1S/C27H26N6O2/c1-17-6-4-8-20(14-17)16-35-23-12-10-21(11-13-23)25-24(19(3)28-27-30-31-32-33(25)27)26(34)29-22-9-5-7-18(2)15-22/h4-15,25H,16H2,1-3H3,(H,29,34)(H,28,30,32). The maximum atomic E-state index is 13.4. The summed E-state index contributed by atoms with van der Waals surface area (Å²) in [6.45, 7) is 6.39. The normalized spacial score (nSPS) is 14.8. The van der Waals surface area contributed by atoms with Gasteiger partial charge in [0.05, 0.1) is 5.57 Å². The van der Waals surface area contributed by atoms with Gasteiger partial charge in [0.25, 0.3) is 5.91 Å². The highest BCUT2D eigenvalue weighted by atomic mass is 16.5. The molecule has 1 unspecified atom stereocenters. The van der Waals surface area contributed by atoms with E-state index in [1.54, 1.807) is 4.68 Å². The molecule has 3 aromatic carbocycles. The molecule has 1 aliphatic rings. The zero-order valence-corrected chi connectivity index (χ0v) is 19.8. The average Bonchev–Trinajstić information content (AvgIpc) is 3.30. The predicted octanol–water partition coefficient (Wildman–Crippen LogP) is 4.80. The van der Waals surface area contributed by atoms with Gasteiger partial charge in [-0.2, -0.15) is 4.68 Å². The van der Waals surface area contributed by atoms with Crippen molar-refractivity contribution in [3.05, 3.63) is 106 Å². The lowest BCUT2D eigenvalue weighted by Crippen LogP contribution is -2.31. The third-order valence-corrected chi connectivity index (χ3v) is 5.92. The zero-order chi connectivity index (χ0) is 24.4. The highest BCUT2D eigenvalue weighted by Gasteiger charge is 2.34. The molecular formula is C27H26N6O2. The molecule has 2 heterocycles. The molecule has 1 aromatic heterocycles. The molecule has 0 saturated heterocycles. The molecule has 1 aliphatic heterocycles. The average molecular weight is 467 g/mol. The van der Waals surface area contributed by atoms with E-state index >= 15 is 0 Å². The van der Waals surface area contributed by atoms with Crippen LogP contribution in [-0.2, 0) is 11.4 Å². The number of tetrazole rings is 1. The van der Waals surface area contributed by atoms with Crippen LogP contribution in [0.5, 0.6) is 5.75 Å². The van der Waals surface area contributed by atoms with Gasteiger partial charge in [-0.15, -0.1) is 0 Å². The van der Waals surface area contributed by atoms with E-state index in [4.69, 9.17) is 4.74 Å². The summed E-state index contributed by atoms with van der Waals surface area (Å²) in [6, 6.07) is 23.2. The van der Waals surface area contributed by atoms with Crippen molar-refractivity contribution < 1.29 is 9.53 Å². The molecule has 0 bridgehead atoms. The SMILES string of the molecule is CC1=C(C(=O)Nc2cccc(C)c2)C(c2ccc(OCc3cccc(C)c3)cc2)n2nnnc2N1. The predicted molar refractivity (Wildman–Crippen MR) is 134 cm³/mol. The highest BCUT2D eigenvalue weighted by Crippen LogP contribution is 2.35. The summed E-state index contributed by atoms with van der Waals surface area (Å²) >= 11 is 0. The molecule has 4 aromatic rings. The Morgan fingerprint density at radius 2 is 1.74 bits per heavy atom. The van der Waals surface area contributed by atoms with Crippen LogP contribution in [-0.4, -0.2) is 26.1 Å². The van der Waals surface area contributed by atoms with E-state index in [1.165, 1.54) is 5.56 Å². The molecular weight excluding hydrogens is 440 g/mol. The van der Waals surface area contributed by atoms with Crippen LogP contribution in [0.1, 0.15) is 35.2 Å². The van der Waals surface area contributed by atoms with E-state index in [2.05, 4.69) is 45.2 Å². The number of nitrogens with one attached hydrogen (secondary N) is 2. The van der Waals surface area contributed by atoms with E-state index in [9.17, 15) is 4.79 Å². The number of rotatable bonds is 6. The van der Waals surface area contributed by atoms with Crippen LogP contribution in [0.2, 0.25) is 0 Å².